The van der Waals surface area contributed by atoms with Crippen molar-refractivity contribution < 1.29 is 19.1 Å². The van der Waals surface area contributed by atoms with Gasteiger partial charge in [-0.2, -0.15) is 11.8 Å². The molecule has 1 amide bonds. The van der Waals surface area contributed by atoms with Crippen LogP contribution in [0.4, 0.5) is 0 Å². The Morgan fingerprint density at radius 2 is 2.30 bits per heavy atom. The zero-order chi connectivity index (χ0) is 14.8. The van der Waals surface area contributed by atoms with Crippen LogP contribution < -0.4 is 5.73 Å². The van der Waals surface area contributed by atoms with Crippen LogP contribution in [0, 0.1) is 5.41 Å². The average molecular weight is 302 g/mol. The lowest BCUT2D eigenvalue weighted by Crippen LogP contribution is -2.58. The topological polar surface area (TPSA) is 81.9 Å². The SMILES string of the molecule is CCOC(=O)C1CSCCN1C(=O)C1(C)COCC1N. The minimum atomic E-state index is -0.743. The number of esters is 1. The third-order valence-corrected chi connectivity index (χ3v) is 4.98. The maximum Gasteiger partial charge on any atom is 0.329 e. The molecule has 0 aromatic carbocycles. The molecule has 6 nitrogen and oxygen atoms in total. The van der Waals surface area contributed by atoms with Gasteiger partial charge >= 0.3 is 5.97 Å². The molecule has 114 valence electrons. The summed E-state index contributed by atoms with van der Waals surface area (Å²) in [5, 5.41) is 0. The third-order valence-electron chi connectivity index (χ3n) is 3.95. The minimum Gasteiger partial charge on any atom is -0.464 e. The Balaban J connectivity index is 2.15. The van der Waals surface area contributed by atoms with E-state index in [0.29, 0.717) is 32.1 Å². The van der Waals surface area contributed by atoms with Crippen LogP contribution in [0.25, 0.3) is 0 Å². The summed E-state index contributed by atoms with van der Waals surface area (Å²) in [4.78, 5) is 26.5. The van der Waals surface area contributed by atoms with Gasteiger partial charge in [-0.05, 0) is 13.8 Å². The standard InChI is InChI=1S/C13H22N2O4S/c1-3-19-11(16)9-7-20-5-4-15(9)12(17)13(2)8-18-6-10(13)14/h9-10H,3-8,14H2,1-2H3. The number of rotatable bonds is 3. The molecule has 2 aliphatic rings. The molecule has 0 aromatic heterocycles. The molecule has 2 heterocycles. The third kappa shape index (κ3) is 2.80. The van der Waals surface area contributed by atoms with E-state index in [2.05, 4.69) is 0 Å². The van der Waals surface area contributed by atoms with Gasteiger partial charge in [0, 0.05) is 24.1 Å². The molecule has 3 unspecified atom stereocenters. The lowest BCUT2D eigenvalue weighted by atomic mass is 9.84. The molecule has 0 aliphatic carbocycles. The fraction of sp³-hybridized carbons (Fsp3) is 0.846. The first-order valence-electron chi connectivity index (χ1n) is 6.89. The summed E-state index contributed by atoms with van der Waals surface area (Å²) < 4.78 is 10.4. The highest BCUT2D eigenvalue weighted by Gasteiger charge is 2.49. The van der Waals surface area contributed by atoms with Crippen LogP contribution >= 0.6 is 11.8 Å². The van der Waals surface area contributed by atoms with Crippen molar-refractivity contribution in [1.82, 2.24) is 4.90 Å². The van der Waals surface area contributed by atoms with E-state index in [1.165, 1.54) is 0 Å². The Morgan fingerprint density at radius 1 is 1.55 bits per heavy atom. The second kappa shape index (κ2) is 6.32. The highest BCUT2D eigenvalue weighted by molar-refractivity contribution is 7.99. The number of amides is 1. The van der Waals surface area contributed by atoms with Gasteiger partial charge in [-0.1, -0.05) is 0 Å². The number of carbonyl (C=O) groups is 2. The zero-order valence-electron chi connectivity index (χ0n) is 12.0. The van der Waals surface area contributed by atoms with Crippen molar-refractivity contribution in [2.24, 2.45) is 11.1 Å². The van der Waals surface area contributed by atoms with Crippen LogP contribution in [-0.2, 0) is 19.1 Å². The van der Waals surface area contributed by atoms with Gasteiger partial charge in [-0.3, -0.25) is 4.79 Å². The first kappa shape index (κ1) is 15.6. The van der Waals surface area contributed by atoms with Crippen molar-refractivity contribution in [3.05, 3.63) is 0 Å². The first-order valence-corrected chi connectivity index (χ1v) is 8.05. The minimum absolute atomic E-state index is 0.0964. The molecule has 20 heavy (non-hydrogen) atoms. The molecular formula is C13H22N2O4S. The van der Waals surface area contributed by atoms with Crippen molar-refractivity contribution in [2.75, 3.05) is 37.9 Å². The average Bonchev–Trinajstić information content (AvgIpc) is 2.79. The Kier molecular flexibility index (Phi) is 4.93. The van der Waals surface area contributed by atoms with E-state index in [9.17, 15) is 9.59 Å². The molecular weight excluding hydrogens is 280 g/mol. The molecule has 3 atom stereocenters. The van der Waals surface area contributed by atoms with Crippen molar-refractivity contribution >= 4 is 23.6 Å². The van der Waals surface area contributed by atoms with Crippen molar-refractivity contribution in [1.29, 1.82) is 0 Å². The number of carbonyl (C=O) groups excluding carboxylic acids is 2. The first-order chi connectivity index (χ1) is 9.50. The molecule has 0 saturated carbocycles. The van der Waals surface area contributed by atoms with Gasteiger partial charge in [0.05, 0.1) is 25.2 Å². The quantitative estimate of drug-likeness (QED) is 0.731. The molecule has 2 N–H and O–H groups in total. The van der Waals surface area contributed by atoms with Crippen molar-refractivity contribution in [3.63, 3.8) is 0 Å². The molecule has 2 rings (SSSR count). The maximum atomic E-state index is 12.8. The molecule has 0 aromatic rings. The highest BCUT2D eigenvalue weighted by Crippen LogP contribution is 2.32. The monoisotopic (exact) mass is 302 g/mol. The van der Waals surface area contributed by atoms with Crippen molar-refractivity contribution in [2.45, 2.75) is 25.9 Å². The van der Waals surface area contributed by atoms with Crippen LogP contribution in [0.2, 0.25) is 0 Å². The van der Waals surface area contributed by atoms with E-state index in [-0.39, 0.29) is 17.9 Å². The number of hydrogen-bond acceptors (Lipinski definition) is 6. The van der Waals surface area contributed by atoms with Gasteiger partial charge in [0.25, 0.3) is 0 Å². The largest absolute Gasteiger partial charge is 0.464 e. The summed E-state index contributed by atoms with van der Waals surface area (Å²) >= 11 is 1.66. The predicted octanol–water partition coefficient (Wildman–Crippen LogP) is -0.143. The fourth-order valence-electron chi connectivity index (χ4n) is 2.52. The molecule has 0 spiro atoms. The number of hydrogen-bond donors (Lipinski definition) is 1. The van der Waals surface area contributed by atoms with Gasteiger partial charge < -0.3 is 20.1 Å². The maximum absolute atomic E-state index is 12.8. The number of nitrogens with two attached hydrogens (primary N) is 1. The summed E-state index contributed by atoms with van der Waals surface area (Å²) in [6, 6.07) is -0.835. The predicted molar refractivity (Wildman–Crippen MR) is 76.4 cm³/mol. The molecule has 2 aliphatic heterocycles. The molecule has 7 heteroatoms. The van der Waals surface area contributed by atoms with E-state index < -0.39 is 11.5 Å². The highest BCUT2D eigenvalue weighted by atomic mass is 32.2. The van der Waals surface area contributed by atoms with Gasteiger partial charge in [0.15, 0.2) is 0 Å². The normalized spacial score (nSPS) is 34.0. The summed E-state index contributed by atoms with van der Waals surface area (Å²) in [5.41, 5.74) is 5.26. The van der Waals surface area contributed by atoms with Gasteiger partial charge in [0.2, 0.25) is 5.91 Å². The van der Waals surface area contributed by atoms with E-state index in [0.717, 1.165) is 5.75 Å². The molecule has 2 fully saturated rings. The number of thioether (sulfide) groups is 1. The summed E-state index contributed by atoms with van der Waals surface area (Å²) in [6.07, 6.45) is 0. The van der Waals surface area contributed by atoms with Crippen LogP contribution in [0.15, 0.2) is 0 Å². The Labute approximate surface area is 123 Å². The summed E-state index contributed by atoms with van der Waals surface area (Å²) in [5.74, 6) is 0.981. The van der Waals surface area contributed by atoms with E-state index in [4.69, 9.17) is 15.2 Å². The summed E-state index contributed by atoms with van der Waals surface area (Å²) in [6.45, 7) is 5.15. The summed E-state index contributed by atoms with van der Waals surface area (Å²) in [7, 11) is 0. The van der Waals surface area contributed by atoms with Gasteiger partial charge in [-0.25, -0.2) is 4.79 Å². The Morgan fingerprint density at radius 3 is 2.90 bits per heavy atom. The lowest BCUT2D eigenvalue weighted by Gasteiger charge is -2.39. The van der Waals surface area contributed by atoms with Gasteiger partial charge in [-0.15, -0.1) is 0 Å². The lowest BCUT2D eigenvalue weighted by molar-refractivity contribution is -0.157. The number of nitrogens with zero attached hydrogens (tertiary/aromatic N) is 1. The zero-order valence-corrected chi connectivity index (χ0v) is 12.8. The molecule has 0 radical (unpaired) electrons. The number of ether oxygens (including phenoxy) is 2. The Hall–Kier alpha value is -0.790. The van der Waals surface area contributed by atoms with E-state index >= 15 is 0 Å². The second-order valence-corrected chi connectivity index (χ2v) is 6.53. The van der Waals surface area contributed by atoms with Crippen molar-refractivity contribution in [3.8, 4) is 0 Å². The Bertz CT molecular complexity index is 393. The molecule has 0 bridgehead atoms. The van der Waals surface area contributed by atoms with Crippen LogP contribution in [0.3, 0.4) is 0 Å². The fourth-order valence-corrected chi connectivity index (χ4v) is 3.55. The van der Waals surface area contributed by atoms with E-state index in [1.54, 1.807) is 23.6 Å². The van der Waals surface area contributed by atoms with Crippen LogP contribution in [0.1, 0.15) is 13.8 Å². The smallest absolute Gasteiger partial charge is 0.329 e. The molecule has 2 saturated heterocycles. The second-order valence-electron chi connectivity index (χ2n) is 5.38. The van der Waals surface area contributed by atoms with Gasteiger partial charge in [0.1, 0.15) is 6.04 Å². The van der Waals surface area contributed by atoms with E-state index in [1.807, 2.05) is 6.92 Å². The van der Waals surface area contributed by atoms with Crippen LogP contribution in [-0.4, -0.2) is 66.7 Å². The van der Waals surface area contributed by atoms with Crippen LogP contribution in [0.5, 0.6) is 0 Å².